The predicted octanol–water partition coefficient (Wildman–Crippen LogP) is 1.63. The molecule has 0 saturated heterocycles. The minimum atomic E-state index is 0.194. The van der Waals surface area contributed by atoms with E-state index >= 15 is 0 Å². The van der Waals surface area contributed by atoms with E-state index in [-0.39, 0.29) is 6.61 Å². The smallest absolute Gasteiger partial charge is 0.0626 e. The maximum Gasteiger partial charge on any atom is 0.0626 e. The Hall–Kier alpha value is -0.370. The van der Waals surface area contributed by atoms with Gasteiger partial charge in [0.2, 0.25) is 0 Å². The van der Waals surface area contributed by atoms with Crippen LogP contribution in [0.15, 0.2) is 4.99 Å². The first kappa shape index (κ1) is 8.72. The van der Waals surface area contributed by atoms with E-state index in [1.165, 1.54) is 31.4 Å². The molecule has 0 bridgehead atoms. The molecular weight excluding hydrogens is 138 g/mol. The molecule has 0 aliphatic heterocycles. The SMILES string of the molecule is CCC1CCCC1=NCCO. The molecule has 1 aliphatic carbocycles. The van der Waals surface area contributed by atoms with Crippen molar-refractivity contribution in [3.05, 3.63) is 0 Å². The van der Waals surface area contributed by atoms with E-state index in [0.717, 1.165) is 5.92 Å². The van der Waals surface area contributed by atoms with Crippen LogP contribution in [0.2, 0.25) is 0 Å². The summed E-state index contributed by atoms with van der Waals surface area (Å²) < 4.78 is 0. The molecule has 0 aromatic heterocycles. The number of aliphatic hydroxyl groups is 1. The van der Waals surface area contributed by atoms with Crippen molar-refractivity contribution >= 4 is 5.71 Å². The van der Waals surface area contributed by atoms with Gasteiger partial charge in [0.25, 0.3) is 0 Å². The monoisotopic (exact) mass is 155 g/mol. The second kappa shape index (κ2) is 4.50. The summed E-state index contributed by atoms with van der Waals surface area (Å²) in [6, 6.07) is 0. The van der Waals surface area contributed by atoms with Gasteiger partial charge >= 0.3 is 0 Å². The minimum Gasteiger partial charge on any atom is -0.394 e. The Kier molecular flexibility index (Phi) is 3.57. The second-order valence-electron chi connectivity index (χ2n) is 3.09. The molecule has 11 heavy (non-hydrogen) atoms. The van der Waals surface area contributed by atoms with Crippen molar-refractivity contribution in [1.82, 2.24) is 0 Å². The van der Waals surface area contributed by atoms with Crippen LogP contribution in [0.4, 0.5) is 0 Å². The van der Waals surface area contributed by atoms with Gasteiger partial charge in [0.1, 0.15) is 0 Å². The van der Waals surface area contributed by atoms with Crippen molar-refractivity contribution < 1.29 is 5.11 Å². The Morgan fingerprint density at radius 3 is 3.09 bits per heavy atom. The van der Waals surface area contributed by atoms with Gasteiger partial charge < -0.3 is 5.11 Å². The summed E-state index contributed by atoms with van der Waals surface area (Å²) in [5, 5.41) is 8.58. The first-order valence-electron chi connectivity index (χ1n) is 4.52. The highest BCUT2D eigenvalue weighted by atomic mass is 16.3. The Balaban J connectivity index is 2.42. The van der Waals surface area contributed by atoms with Crippen LogP contribution in [-0.2, 0) is 0 Å². The van der Waals surface area contributed by atoms with Gasteiger partial charge in [0.15, 0.2) is 0 Å². The van der Waals surface area contributed by atoms with Crippen molar-refractivity contribution in [3.63, 3.8) is 0 Å². The molecule has 0 radical (unpaired) electrons. The molecule has 1 aliphatic rings. The third-order valence-corrected chi connectivity index (χ3v) is 2.36. The normalized spacial score (nSPS) is 28.2. The summed E-state index contributed by atoms with van der Waals surface area (Å²) in [6.45, 7) is 3.01. The standard InChI is InChI=1S/C9H17NO/c1-2-8-4-3-5-9(8)10-6-7-11/h8,11H,2-7H2,1H3. The lowest BCUT2D eigenvalue weighted by Crippen LogP contribution is -2.06. The van der Waals surface area contributed by atoms with E-state index in [9.17, 15) is 0 Å². The molecule has 1 N–H and O–H groups in total. The third-order valence-electron chi connectivity index (χ3n) is 2.36. The Morgan fingerprint density at radius 2 is 2.45 bits per heavy atom. The fourth-order valence-corrected chi connectivity index (χ4v) is 1.74. The lowest BCUT2D eigenvalue weighted by atomic mass is 10.0. The van der Waals surface area contributed by atoms with Crippen LogP contribution in [0.25, 0.3) is 0 Å². The van der Waals surface area contributed by atoms with Crippen LogP contribution in [0.1, 0.15) is 32.6 Å². The summed E-state index contributed by atoms with van der Waals surface area (Å²) in [5.41, 5.74) is 1.35. The van der Waals surface area contributed by atoms with Crippen LogP contribution in [0, 0.1) is 5.92 Å². The molecule has 1 fully saturated rings. The molecule has 0 heterocycles. The molecule has 1 unspecified atom stereocenters. The lowest BCUT2D eigenvalue weighted by Gasteiger charge is -2.06. The summed E-state index contributed by atoms with van der Waals surface area (Å²) in [5.74, 6) is 0.724. The number of rotatable bonds is 3. The first-order valence-corrected chi connectivity index (χ1v) is 4.52. The van der Waals surface area contributed by atoms with Crippen molar-refractivity contribution in [2.24, 2.45) is 10.9 Å². The first-order chi connectivity index (χ1) is 5.38. The average Bonchev–Trinajstić information content (AvgIpc) is 2.47. The Bertz CT molecular complexity index is 142. The quantitative estimate of drug-likeness (QED) is 0.660. The molecule has 2 heteroatoms. The molecule has 0 aromatic rings. The van der Waals surface area contributed by atoms with Crippen molar-refractivity contribution in [1.29, 1.82) is 0 Å². The Morgan fingerprint density at radius 1 is 1.64 bits per heavy atom. The summed E-state index contributed by atoms with van der Waals surface area (Å²) in [4.78, 5) is 4.36. The minimum absolute atomic E-state index is 0.194. The number of aliphatic imine (C=N–C) groups is 1. The fourth-order valence-electron chi connectivity index (χ4n) is 1.74. The zero-order chi connectivity index (χ0) is 8.10. The molecule has 0 spiro atoms. The maximum absolute atomic E-state index is 8.58. The van der Waals surface area contributed by atoms with E-state index in [4.69, 9.17) is 5.11 Å². The molecule has 1 rings (SSSR count). The van der Waals surface area contributed by atoms with Gasteiger partial charge in [-0.25, -0.2) is 0 Å². The van der Waals surface area contributed by atoms with Crippen molar-refractivity contribution in [2.45, 2.75) is 32.6 Å². The maximum atomic E-state index is 8.58. The van der Waals surface area contributed by atoms with Gasteiger partial charge in [-0.15, -0.1) is 0 Å². The summed E-state index contributed by atoms with van der Waals surface area (Å²) >= 11 is 0. The van der Waals surface area contributed by atoms with Gasteiger partial charge in [-0.05, 0) is 31.6 Å². The van der Waals surface area contributed by atoms with Crippen LogP contribution >= 0.6 is 0 Å². The van der Waals surface area contributed by atoms with E-state index in [1.54, 1.807) is 0 Å². The molecule has 2 nitrogen and oxygen atoms in total. The van der Waals surface area contributed by atoms with E-state index in [0.29, 0.717) is 6.54 Å². The van der Waals surface area contributed by atoms with Gasteiger partial charge in [-0.2, -0.15) is 0 Å². The number of aliphatic hydroxyl groups excluding tert-OH is 1. The van der Waals surface area contributed by atoms with Crippen molar-refractivity contribution in [2.75, 3.05) is 13.2 Å². The predicted molar refractivity (Wildman–Crippen MR) is 47.0 cm³/mol. The van der Waals surface area contributed by atoms with Crippen LogP contribution in [0.5, 0.6) is 0 Å². The third kappa shape index (κ3) is 2.29. The van der Waals surface area contributed by atoms with E-state index in [1.807, 2.05) is 0 Å². The summed E-state index contributed by atoms with van der Waals surface area (Å²) in [6.07, 6.45) is 4.98. The van der Waals surface area contributed by atoms with Crippen LogP contribution in [-0.4, -0.2) is 24.0 Å². The van der Waals surface area contributed by atoms with Crippen LogP contribution in [0.3, 0.4) is 0 Å². The molecule has 1 atom stereocenters. The second-order valence-corrected chi connectivity index (χ2v) is 3.09. The largest absolute Gasteiger partial charge is 0.394 e. The summed E-state index contributed by atoms with van der Waals surface area (Å²) in [7, 11) is 0. The fraction of sp³-hybridized carbons (Fsp3) is 0.889. The topological polar surface area (TPSA) is 32.6 Å². The van der Waals surface area contributed by atoms with Crippen LogP contribution < -0.4 is 0 Å². The molecule has 0 aromatic carbocycles. The molecule has 1 saturated carbocycles. The molecule has 64 valence electrons. The van der Waals surface area contributed by atoms with E-state index < -0.39 is 0 Å². The number of hydrogen-bond donors (Lipinski definition) is 1. The van der Waals surface area contributed by atoms with E-state index in [2.05, 4.69) is 11.9 Å². The highest BCUT2D eigenvalue weighted by molar-refractivity contribution is 5.88. The van der Waals surface area contributed by atoms with Gasteiger partial charge in [0, 0.05) is 5.71 Å². The van der Waals surface area contributed by atoms with Gasteiger partial charge in [0.05, 0.1) is 13.2 Å². The van der Waals surface area contributed by atoms with Gasteiger partial charge in [-0.3, -0.25) is 4.99 Å². The highest BCUT2D eigenvalue weighted by Gasteiger charge is 2.19. The highest BCUT2D eigenvalue weighted by Crippen LogP contribution is 2.25. The number of hydrogen-bond acceptors (Lipinski definition) is 2. The van der Waals surface area contributed by atoms with Gasteiger partial charge in [-0.1, -0.05) is 6.92 Å². The lowest BCUT2D eigenvalue weighted by molar-refractivity contribution is 0.306. The molecule has 0 amide bonds. The molecular formula is C9H17NO. The zero-order valence-corrected chi connectivity index (χ0v) is 7.21. The average molecular weight is 155 g/mol. The van der Waals surface area contributed by atoms with Crippen molar-refractivity contribution in [3.8, 4) is 0 Å². The number of nitrogens with zero attached hydrogens (tertiary/aromatic N) is 1. The Labute approximate surface area is 68.3 Å². The zero-order valence-electron chi connectivity index (χ0n) is 7.21.